The molecule has 2 aromatic carbocycles. The largest absolute Gasteiger partial charge is 0.326 e. The fourth-order valence-corrected chi connectivity index (χ4v) is 3.42. The first-order valence-corrected chi connectivity index (χ1v) is 8.22. The van der Waals surface area contributed by atoms with Crippen molar-refractivity contribution in [2.45, 2.75) is 39.7 Å². The summed E-state index contributed by atoms with van der Waals surface area (Å²) in [5, 5.41) is 2.83. The lowest BCUT2D eigenvalue weighted by molar-refractivity contribution is -0.125. The van der Waals surface area contributed by atoms with Gasteiger partial charge in [-0.2, -0.15) is 0 Å². The molecule has 0 bridgehead atoms. The van der Waals surface area contributed by atoms with Crippen molar-refractivity contribution in [2.24, 2.45) is 0 Å². The van der Waals surface area contributed by atoms with E-state index in [4.69, 9.17) is 0 Å². The average Bonchev–Trinajstić information content (AvgIpc) is 2.81. The van der Waals surface area contributed by atoms with Gasteiger partial charge in [-0.15, -0.1) is 0 Å². The molecule has 124 valence electrons. The Hall–Kier alpha value is -2.62. The highest BCUT2D eigenvalue weighted by Crippen LogP contribution is 2.32. The zero-order valence-electron chi connectivity index (χ0n) is 14.3. The number of para-hydroxylation sites is 1. The lowest BCUT2D eigenvalue weighted by atomic mass is 10.1. The Kier molecular flexibility index (Phi) is 4.38. The number of carbonyl (C=O) groups excluding carboxylic acids is 2. The molecule has 0 fully saturated rings. The minimum absolute atomic E-state index is 0.0870. The summed E-state index contributed by atoms with van der Waals surface area (Å²) >= 11 is 0. The van der Waals surface area contributed by atoms with Crippen LogP contribution >= 0.6 is 0 Å². The number of rotatable bonds is 3. The summed E-state index contributed by atoms with van der Waals surface area (Å²) in [5.74, 6) is -0.434. The zero-order chi connectivity index (χ0) is 17.3. The van der Waals surface area contributed by atoms with Gasteiger partial charge in [-0.3, -0.25) is 9.59 Å². The van der Waals surface area contributed by atoms with Crippen LogP contribution in [0.3, 0.4) is 0 Å². The normalized spacial score (nSPS) is 16.0. The second-order valence-corrected chi connectivity index (χ2v) is 6.55. The van der Waals surface area contributed by atoms with Gasteiger partial charge in [0.05, 0.1) is 0 Å². The number of hydrogen-bond acceptors (Lipinski definition) is 2. The Labute approximate surface area is 142 Å². The molecule has 1 aliphatic heterocycles. The number of hydrogen-bond donors (Lipinski definition) is 1. The highest BCUT2D eigenvalue weighted by Gasteiger charge is 2.31. The third-order valence-corrected chi connectivity index (χ3v) is 4.29. The zero-order valence-corrected chi connectivity index (χ0v) is 14.3. The molecule has 4 nitrogen and oxygen atoms in total. The first-order chi connectivity index (χ1) is 11.4. The summed E-state index contributed by atoms with van der Waals surface area (Å²) in [6.07, 6.45) is 0.687. The van der Waals surface area contributed by atoms with Crippen molar-refractivity contribution < 1.29 is 9.59 Å². The van der Waals surface area contributed by atoms with Gasteiger partial charge in [0.15, 0.2) is 0 Å². The van der Waals surface area contributed by atoms with Crippen LogP contribution in [-0.4, -0.2) is 17.9 Å². The fourth-order valence-electron chi connectivity index (χ4n) is 3.42. The highest BCUT2D eigenvalue weighted by atomic mass is 16.2. The highest BCUT2D eigenvalue weighted by molar-refractivity contribution is 6.10. The minimum atomic E-state index is -0.276. The van der Waals surface area contributed by atoms with Gasteiger partial charge in [-0.1, -0.05) is 24.3 Å². The fraction of sp³-hybridized carbons (Fsp3) is 0.300. The second-order valence-electron chi connectivity index (χ2n) is 6.55. The summed E-state index contributed by atoms with van der Waals surface area (Å²) in [6, 6.07) is 13.8. The number of fused-ring (bicyclic) bond motifs is 1. The van der Waals surface area contributed by atoms with Crippen molar-refractivity contribution in [2.75, 3.05) is 10.2 Å². The van der Waals surface area contributed by atoms with E-state index in [1.54, 1.807) is 4.90 Å². The summed E-state index contributed by atoms with van der Waals surface area (Å²) < 4.78 is 0. The van der Waals surface area contributed by atoms with Crippen molar-refractivity contribution in [3.63, 3.8) is 0 Å². The van der Waals surface area contributed by atoms with E-state index in [0.717, 1.165) is 34.5 Å². The van der Waals surface area contributed by atoms with Gasteiger partial charge in [0, 0.05) is 17.4 Å². The van der Waals surface area contributed by atoms with E-state index in [1.807, 2.05) is 63.2 Å². The van der Waals surface area contributed by atoms with Crippen molar-refractivity contribution >= 4 is 23.2 Å². The first-order valence-electron chi connectivity index (χ1n) is 8.22. The van der Waals surface area contributed by atoms with Crippen LogP contribution in [0.15, 0.2) is 42.5 Å². The molecular weight excluding hydrogens is 300 g/mol. The van der Waals surface area contributed by atoms with Crippen LogP contribution in [0, 0.1) is 13.8 Å². The number of benzene rings is 2. The molecule has 2 amide bonds. The van der Waals surface area contributed by atoms with Gasteiger partial charge in [0.25, 0.3) is 0 Å². The average molecular weight is 322 g/mol. The molecule has 1 heterocycles. The Morgan fingerprint density at radius 2 is 1.79 bits per heavy atom. The molecule has 0 aromatic heterocycles. The van der Waals surface area contributed by atoms with E-state index in [2.05, 4.69) is 5.32 Å². The van der Waals surface area contributed by atoms with E-state index in [9.17, 15) is 9.59 Å². The molecule has 0 spiro atoms. The Balaban J connectivity index is 1.69. The Bertz CT molecular complexity index is 778. The summed E-state index contributed by atoms with van der Waals surface area (Å²) in [5.41, 5.74) is 4.99. The Morgan fingerprint density at radius 1 is 1.12 bits per heavy atom. The van der Waals surface area contributed by atoms with Gasteiger partial charge in [0.1, 0.15) is 6.42 Å². The molecule has 1 aliphatic rings. The van der Waals surface area contributed by atoms with E-state index in [1.165, 1.54) is 0 Å². The maximum atomic E-state index is 12.6. The Morgan fingerprint density at radius 3 is 2.50 bits per heavy atom. The van der Waals surface area contributed by atoms with Crippen LogP contribution in [0.4, 0.5) is 11.4 Å². The lowest BCUT2D eigenvalue weighted by Crippen LogP contribution is -2.37. The standard InChI is InChI=1S/C20H22N2O2/c1-13-8-14(2)10-17(9-13)21-19(23)12-20(24)22-15(3)11-16-6-4-5-7-18(16)22/h4-10,15H,11-12H2,1-3H3,(H,21,23). The second kappa shape index (κ2) is 6.48. The third kappa shape index (κ3) is 3.32. The van der Waals surface area contributed by atoms with E-state index in [-0.39, 0.29) is 24.3 Å². The molecule has 1 atom stereocenters. The van der Waals surface area contributed by atoms with Gasteiger partial charge in [-0.05, 0) is 62.1 Å². The quantitative estimate of drug-likeness (QED) is 0.878. The van der Waals surface area contributed by atoms with Crippen molar-refractivity contribution in [1.82, 2.24) is 0 Å². The molecule has 0 radical (unpaired) electrons. The van der Waals surface area contributed by atoms with Crippen molar-refractivity contribution in [3.05, 3.63) is 59.2 Å². The van der Waals surface area contributed by atoms with Gasteiger partial charge >= 0.3 is 0 Å². The van der Waals surface area contributed by atoms with Crippen LogP contribution in [0.5, 0.6) is 0 Å². The monoisotopic (exact) mass is 322 g/mol. The van der Waals surface area contributed by atoms with Crippen LogP contribution in [0.2, 0.25) is 0 Å². The molecular formula is C20H22N2O2. The van der Waals surface area contributed by atoms with Gasteiger partial charge in [0.2, 0.25) is 11.8 Å². The van der Waals surface area contributed by atoms with E-state index in [0.29, 0.717) is 0 Å². The summed E-state index contributed by atoms with van der Waals surface area (Å²) in [7, 11) is 0. The molecule has 1 N–H and O–H groups in total. The molecule has 2 aromatic rings. The van der Waals surface area contributed by atoms with E-state index >= 15 is 0 Å². The predicted molar refractivity (Wildman–Crippen MR) is 96.3 cm³/mol. The topological polar surface area (TPSA) is 49.4 Å². The lowest BCUT2D eigenvalue weighted by Gasteiger charge is -2.22. The molecule has 24 heavy (non-hydrogen) atoms. The minimum Gasteiger partial charge on any atom is -0.326 e. The van der Waals surface area contributed by atoms with E-state index < -0.39 is 0 Å². The summed E-state index contributed by atoms with van der Waals surface area (Å²) in [6.45, 7) is 5.98. The van der Waals surface area contributed by atoms with Crippen molar-refractivity contribution in [3.8, 4) is 0 Å². The number of anilines is 2. The number of nitrogens with one attached hydrogen (secondary N) is 1. The number of amides is 2. The van der Waals surface area contributed by atoms with Crippen LogP contribution in [0.1, 0.15) is 30.0 Å². The van der Waals surface area contributed by atoms with Crippen LogP contribution < -0.4 is 10.2 Å². The SMILES string of the molecule is Cc1cc(C)cc(NC(=O)CC(=O)N2c3ccccc3CC2C)c1. The smallest absolute Gasteiger partial charge is 0.236 e. The molecule has 0 aliphatic carbocycles. The predicted octanol–water partition coefficient (Wildman–Crippen LogP) is 3.61. The maximum Gasteiger partial charge on any atom is 0.236 e. The van der Waals surface area contributed by atoms with Crippen molar-refractivity contribution in [1.29, 1.82) is 0 Å². The number of aryl methyl sites for hydroxylation is 2. The van der Waals surface area contributed by atoms with Gasteiger partial charge < -0.3 is 10.2 Å². The molecule has 4 heteroatoms. The molecule has 0 saturated heterocycles. The molecule has 3 rings (SSSR count). The number of nitrogens with zero attached hydrogens (tertiary/aromatic N) is 1. The maximum absolute atomic E-state index is 12.6. The number of carbonyl (C=O) groups is 2. The molecule has 0 saturated carbocycles. The molecule has 1 unspecified atom stereocenters. The summed E-state index contributed by atoms with van der Waals surface area (Å²) in [4.78, 5) is 26.6. The first kappa shape index (κ1) is 16.2. The third-order valence-electron chi connectivity index (χ3n) is 4.29. The van der Waals surface area contributed by atoms with Gasteiger partial charge in [-0.25, -0.2) is 0 Å². The van der Waals surface area contributed by atoms with Crippen LogP contribution in [-0.2, 0) is 16.0 Å². The van der Waals surface area contributed by atoms with Crippen LogP contribution in [0.25, 0.3) is 0 Å².